The number of nitrogens with zero attached hydrogens (tertiary/aromatic N) is 3. The number of imidazole rings is 1. The number of aromatic nitrogens is 4. The first-order valence-corrected chi connectivity index (χ1v) is 7.39. The molecular weight excluding hydrogens is 250 g/mol. The number of nitrogens with two attached hydrogens (primary N) is 1. The Hall–Kier alpha value is -1.62. The van der Waals surface area contributed by atoms with Crippen LogP contribution in [0.25, 0.3) is 11.3 Å². The van der Waals surface area contributed by atoms with Crippen molar-refractivity contribution in [2.75, 3.05) is 6.54 Å². The smallest absolute Gasteiger partial charge is 0.106 e. The molecule has 1 atom stereocenters. The Labute approximate surface area is 120 Å². The highest BCUT2D eigenvalue weighted by molar-refractivity contribution is 5.56. The molecule has 3 N–H and O–H groups in total. The van der Waals surface area contributed by atoms with Gasteiger partial charge in [0.25, 0.3) is 0 Å². The average Bonchev–Trinajstić information content (AvgIpc) is 3.05. The third-order valence-electron chi connectivity index (χ3n) is 3.52. The van der Waals surface area contributed by atoms with E-state index in [4.69, 9.17) is 5.73 Å². The summed E-state index contributed by atoms with van der Waals surface area (Å²) in [5.74, 6) is 2.17. The molecule has 2 rings (SSSR count). The lowest BCUT2D eigenvalue weighted by Crippen LogP contribution is -2.19. The van der Waals surface area contributed by atoms with E-state index in [1.165, 1.54) is 0 Å². The first kappa shape index (κ1) is 14.8. The Balaban J connectivity index is 2.04. The third kappa shape index (κ3) is 3.70. The zero-order valence-corrected chi connectivity index (χ0v) is 12.6. The molecule has 0 saturated heterocycles. The molecule has 0 amide bonds. The fourth-order valence-corrected chi connectivity index (χ4v) is 2.49. The molecule has 0 fully saturated rings. The number of H-pyrrole nitrogens is 1. The van der Waals surface area contributed by atoms with Crippen LogP contribution < -0.4 is 5.73 Å². The van der Waals surface area contributed by atoms with Gasteiger partial charge in [0.15, 0.2) is 0 Å². The van der Waals surface area contributed by atoms with E-state index in [0.29, 0.717) is 18.4 Å². The SMILES string of the molecule is CCn1cc(-c2cnc(CC(CN)CC(C)C)[nH]2)cn1. The summed E-state index contributed by atoms with van der Waals surface area (Å²) in [7, 11) is 0. The van der Waals surface area contributed by atoms with Gasteiger partial charge in [0.1, 0.15) is 5.82 Å². The van der Waals surface area contributed by atoms with Gasteiger partial charge < -0.3 is 10.7 Å². The molecule has 0 aliphatic heterocycles. The maximum atomic E-state index is 5.85. The van der Waals surface area contributed by atoms with Gasteiger partial charge in [0.05, 0.1) is 18.1 Å². The molecule has 2 aromatic rings. The van der Waals surface area contributed by atoms with Crippen molar-refractivity contribution in [2.45, 2.75) is 40.2 Å². The summed E-state index contributed by atoms with van der Waals surface area (Å²) < 4.78 is 1.91. The summed E-state index contributed by atoms with van der Waals surface area (Å²) in [6, 6.07) is 0. The van der Waals surface area contributed by atoms with Crippen LogP contribution in [0, 0.1) is 11.8 Å². The highest BCUT2D eigenvalue weighted by Crippen LogP contribution is 2.19. The monoisotopic (exact) mass is 275 g/mol. The molecule has 0 spiro atoms. The molecule has 20 heavy (non-hydrogen) atoms. The van der Waals surface area contributed by atoms with E-state index in [9.17, 15) is 0 Å². The van der Waals surface area contributed by atoms with Gasteiger partial charge in [-0.05, 0) is 31.7 Å². The summed E-state index contributed by atoms with van der Waals surface area (Å²) in [4.78, 5) is 7.86. The van der Waals surface area contributed by atoms with Crippen LogP contribution in [0.5, 0.6) is 0 Å². The van der Waals surface area contributed by atoms with E-state index in [1.54, 1.807) is 0 Å². The highest BCUT2D eigenvalue weighted by atomic mass is 15.3. The Morgan fingerprint density at radius 2 is 2.15 bits per heavy atom. The standard InChI is InChI=1S/C15H25N5/c1-4-20-10-13(8-18-20)14-9-17-15(19-14)6-12(7-16)5-11(2)3/h8-12H,4-7,16H2,1-3H3,(H,17,19). The van der Waals surface area contributed by atoms with Crippen LogP contribution in [-0.2, 0) is 13.0 Å². The number of aryl methyl sites for hydroxylation is 1. The van der Waals surface area contributed by atoms with Gasteiger partial charge in [-0.3, -0.25) is 4.68 Å². The van der Waals surface area contributed by atoms with Gasteiger partial charge in [-0.2, -0.15) is 5.10 Å². The van der Waals surface area contributed by atoms with Crippen molar-refractivity contribution in [3.05, 3.63) is 24.4 Å². The second-order valence-corrected chi connectivity index (χ2v) is 5.76. The maximum absolute atomic E-state index is 5.85. The van der Waals surface area contributed by atoms with E-state index in [0.717, 1.165) is 36.5 Å². The normalized spacial score (nSPS) is 13.1. The van der Waals surface area contributed by atoms with Gasteiger partial charge in [-0.1, -0.05) is 13.8 Å². The maximum Gasteiger partial charge on any atom is 0.106 e. The first-order valence-electron chi connectivity index (χ1n) is 7.39. The minimum atomic E-state index is 0.493. The summed E-state index contributed by atoms with van der Waals surface area (Å²) in [5, 5.41) is 4.29. The van der Waals surface area contributed by atoms with Crippen molar-refractivity contribution in [2.24, 2.45) is 17.6 Å². The highest BCUT2D eigenvalue weighted by Gasteiger charge is 2.13. The largest absolute Gasteiger partial charge is 0.342 e. The first-order chi connectivity index (χ1) is 9.62. The number of hydrogen-bond donors (Lipinski definition) is 2. The summed E-state index contributed by atoms with van der Waals surface area (Å²) in [6.45, 7) is 8.13. The molecule has 0 aliphatic carbocycles. The fraction of sp³-hybridized carbons (Fsp3) is 0.600. The molecule has 2 aromatic heterocycles. The van der Waals surface area contributed by atoms with Crippen molar-refractivity contribution in [1.82, 2.24) is 19.7 Å². The zero-order valence-electron chi connectivity index (χ0n) is 12.6. The quantitative estimate of drug-likeness (QED) is 0.815. The van der Waals surface area contributed by atoms with Crippen LogP contribution in [-0.4, -0.2) is 26.3 Å². The third-order valence-corrected chi connectivity index (χ3v) is 3.52. The van der Waals surface area contributed by atoms with Crippen LogP contribution in [0.15, 0.2) is 18.6 Å². The van der Waals surface area contributed by atoms with Crippen molar-refractivity contribution < 1.29 is 0 Å². The van der Waals surface area contributed by atoms with E-state index in [2.05, 4.69) is 35.8 Å². The van der Waals surface area contributed by atoms with E-state index in [1.807, 2.05) is 23.3 Å². The van der Waals surface area contributed by atoms with Gasteiger partial charge in [0.2, 0.25) is 0 Å². The molecule has 0 bridgehead atoms. The molecule has 1 unspecified atom stereocenters. The Kier molecular flexibility index (Phi) is 4.95. The van der Waals surface area contributed by atoms with Crippen LogP contribution >= 0.6 is 0 Å². The van der Waals surface area contributed by atoms with E-state index in [-0.39, 0.29) is 0 Å². The zero-order chi connectivity index (χ0) is 14.5. The summed E-state index contributed by atoms with van der Waals surface area (Å²) in [5.41, 5.74) is 7.96. The number of hydrogen-bond acceptors (Lipinski definition) is 3. The van der Waals surface area contributed by atoms with Crippen LogP contribution in [0.1, 0.15) is 33.0 Å². The van der Waals surface area contributed by atoms with Crippen molar-refractivity contribution in [1.29, 1.82) is 0 Å². The van der Waals surface area contributed by atoms with Gasteiger partial charge in [-0.25, -0.2) is 4.98 Å². The Morgan fingerprint density at radius 1 is 1.35 bits per heavy atom. The topological polar surface area (TPSA) is 72.5 Å². The minimum absolute atomic E-state index is 0.493. The van der Waals surface area contributed by atoms with Gasteiger partial charge >= 0.3 is 0 Å². The molecule has 0 saturated carbocycles. The van der Waals surface area contributed by atoms with Crippen molar-refractivity contribution in [3.8, 4) is 11.3 Å². The Morgan fingerprint density at radius 3 is 2.75 bits per heavy atom. The van der Waals surface area contributed by atoms with Crippen molar-refractivity contribution in [3.63, 3.8) is 0 Å². The molecule has 0 aliphatic rings. The van der Waals surface area contributed by atoms with E-state index >= 15 is 0 Å². The number of aromatic amines is 1. The van der Waals surface area contributed by atoms with Crippen LogP contribution in [0.2, 0.25) is 0 Å². The Bertz CT molecular complexity index is 526. The predicted molar refractivity (Wildman–Crippen MR) is 81.2 cm³/mol. The minimum Gasteiger partial charge on any atom is -0.342 e. The molecule has 2 heterocycles. The van der Waals surface area contributed by atoms with Crippen molar-refractivity contribution >= 4 is 0 Å². The average molecular weight is 275 g/mol. The van der Waals surface area contributed by atoms with E-state index < -0.39 is 0 Å². The summed E-state index contributed by atoms with van der Waals surface area (Å²) in [6.07, 6.45) is 7.84. The summed E-state index contributed by atoms with van der Waals surface area (Å²) >= 11 is 0. The lowest BCUT2D eigenvalue weighted by molar-refractivity contribution is 0.409. The molecule has 0 radical (unpaired) electrons. The molecule has 5 nitrogen and oxygen atoms in total. The molecule has 110 valence electrons. The second kappa shape index (κ2) is 6.70. The van der Waals surface area contributed by atoms with Crippen LogP contribution in [0.3, 0.4) is 0 Å². The lowest BCUT2D eigenvalue weighted by Gasteiger charge is -2.15. The lowest BCUT2D eigenvalue weighted by atomic mass is 9.94. The van der Waals surface area contributed by atoms with Gasteiger partial charge in [0, 0.05) is 24.7 Å². The van der Waals surface area contributed by atoms with Crippen LogP contribution in [0.4, 0.5) is 0 Å². The number of nitrogens with one attached hydrogen (secondary N) is 1. The number of rotatable bonds is 7. The molecule has 5 heteroatoms. The molecular formula is C15H25N5. The fourth-order valence-electron chi connectivity index (χ4n) is 2.49. The second-order valence-electron chi connectivity index (χ2n) is 5.76. The molecule has 0 aromatic carbocycles. The van der Waals surface area contributed by atoms with Gasteiger partial charge in [-0.15, -0.1) is 0 Å². The predicted octanol–water partition coefficient (Wildman–Crippen LogP) is 2.46.